The average molecular weight is 482 g/mol. The summed E-state index contributed by atoms with van der Waals surface area (Å²) in [5.41, 5.74) is 5.18. The number of sulfonamides is 1. The van der Waals surface area contributed by atoms with E-state index in [1.165, 1.54) is 0 Å². The molecule has 0 radical (unpaired) electrons. The molecule has 0 saturated carbocycles. The first-order valence-corrected chi connectivity index (χ1v) is 13.1. The van der Waals surface area contributed by atoms with E-state index in [4.69, 9.17) is 0 Å². The van der Waals surface area contributed by atoms with Crippen molar-refractivity contribution in [2.24, 2.45) is 0 Å². The van der Waals surface area contributed by atoms with Crippen molar-refractivity contribution < 1.29 is 8.42 Å². The van der Waals surface area contributed by atoms with Crippen molar-refractivity contribution in [2.75, 3.05) is 6.54 Å². The monoisotopic (exact) mass is 481 g/mol. The zero-order valence-corrected chi connectivity index (χ0v) is 20.3. The van der Waals surface area contributed by atoms with Crippen molar-refractivity contribution in [1.29, 1.82) is 0 Å². The van der Waals surface area contributed by atoms with Gasteiger partial charge in [0.15, 0.2) is 0 Å². The van der Waals surface area contributed by atoms with Gasteiger partial charge in [0.25, 0.3) is 0 Å². The molecular weight excluding hydrogens is 454 g/mol. The minimum absolute atomic E-state index is 0.0797. The molecule has 1 N–H and O–H groups in total. The van der Waals surface area contributed by atoms with Crippen LogP contribution < -0.4 is 4.72 Å². The van der Waals surface area contributed by atoms with Crippen LogP contribution in [0.15, 0.2) is 114 Å². The van der Waals surface area contributed by atoms with Gasteiger partial charge in [0.05, 0.1) is 15.9 Å². The fraction of sp³-hybridized carbons (Fsp3) is 0.138. The summed E-state index contributed by atoms with van der Waals surface area (Å²) in [5.74, 6) is 0.848. The molecule has 5 aromatic rings. The van der Waals surface area contributed by atoms with Crippen LogP contribution >= 0.6 is 0 Å². The van der Waals surface area contributed by atoms with Crippen LogP contribution in [0.25, 0.3) is 11.0 Å². The number of fused-ring (bicyclic) bond motifs is 1. The fourth-order valence-corrected chi connectivity index (χ4v) is 5.47. The first kappa shape index (κ1) is 23.0. The summed E-state index contributed by atoms with van der Waals surface area (Å²) in [6.07, 6.45) is 0. The van der Waals surface area contributed by atoms with Crippen molar-refractivity contribution in [2.45, 2.75) is 24.3 Å². The maximum absolute atomic E-state index is 13.1. The minimum Gasteiger partial charge on any atom is -0.324 e. The number of para-hydroxylation sites is 2. The van der Waals surface area contributed by atoms with Gasteiger partial charge in [0.1, 0.15) is 5.82 Å². The van der Waals surface area contributed by atoms with Crippen molar-refractivity contribution in [3.05, 3.63) is 132 Å². The van der Waals surface area contributed by atoms with Gasteiger partial charge in [0.2, 0.25) is 10.0 Å². The maximum Gasteiger partial charge on any atom is 0.240 e. The van der Waals surface area contributed by atoms with Crippen LogP contribution in [0.3, 0.4) is 0 Å². The SMILES string of the molecule is Cc1nc2ccccc2n1Cc1ccc(S(=O)(=O)NCC(c2ccccc2)c2ccccc2)cc1. The third-order valence-electron chi connectivity index (χ3n) is 6.30. The van der Waals surface area contributed by atoms with Crippen LogP contribution in [0.1, 0.15) is 28.4 Å². The van der Waals surface area contributed by atoms with Crippen LogP contribution in [-0.2, 0) is 16.6 Å². The molecule has 0 aliphatic carbocycles. The molecule has 176 valence electrons. The van der Waals surface area contributed by atoms with Crippen LogP contribution in [0.2, 0.25) is 0 Å². The van der Waals surface area contributed by atoms with Crippen LogP contribution in [0, 0.1) is 6.92 Å². The van der Waals surface area contributed by atoms with Crippen molar-refractivity contribution in [3.63, 3.8) is 0 Å². The zero-order valence-electron chi connectivity index (χ0n) is 19.5. The summed E-state index contributed by atoms with van der Waals surface area (Å²) in [5, 5.41) is 0. The smallest absolute Gasteiger partial charge is 0.240 e. The van der Waals surface area contributed by atoms with Gasteiger partial charge in [-0.3, -0.25) is 0 Å². The van der Waals surface area contributed by atoms with Crippen molar-refractivity contribution in [3.8, 4) is 0 Å². The molecule has 0 bridgehead atoms. The molecule has 0 aliphatic rings. The lowest BCUT2D eigenvalue weighted by Crippen LogP contribution is -2.29. The van der Waals surface area contributed by atoms with E-state index in [0.717, 1.165) is 33.5 Å². The first-order chi connectivity index (χ1) is 17.0. The highest BCUT2D eigenvalue weighted by molar-refractivity contribution is 7.89. The fourth-order valence-electron chi connectivity index (χ4n) is 4.43. The lowest BCUT2D eigenvalue weighted by Gasteiger charge is -2.19. The summed E-state index contributed by atoms with van der Waals surface area (Å²) in [6, 6.07) is 35.1. The number of nitrogens with one attached hydrogen (secondary N) is 1. The summed E-state index contributed by atoms with van der Waals surface area (Å²) < 4.78 is 31.2. The summed E-state index contributed by atoms with van der Waals surface area (Å²) in [7, 11) is -3.66. The third kappa shape index (κ3) is 5.04. The Morgan fingerprint density at radius 2 is 1.34 bits per heavy atom. The third-order valence-corrected chi connectivity index (χ3v) is 7.74. The predicted molar refractivity (Wildman–Crippen MR) is 140 cm³/mol. The summed E-state index contributed by atoms with van der Waals surface area (Å²) >= 11 is 0. The molecule has 5 nitrogen and oxygen atoms in total. The molecule has 0 fully saturated rings. The maximum atomic E-state index is 13.1. The average Bonchev–Trinajstić information content (AvgIpc) is 3.20. The Morgan fingerprint density at radius 3 is 1.97 bits per heavy atom. The van der Waals surface area contributed by atoms with Crippen LogP contribution in [-0.4, -0.2) is 24.5 Å². The number of hydrogen-bond acceptors (Lipinski definition) is 3. The van der Waals surface area contributed by atoms with E-state index in [9.17, 15) is 8.42 Å². The van der Waals surface area contributed by atoms with Gasteiger partial charge in [-0.25, -0.2) is 18.1 Å². The topological polar surface area (TPSA) is 64.0 Å². The molecule has 0 spiro atoms. The molecule has 1 heterocycles. The number of rotatable bonds is 8. The molecule has 6 heteroatoms. The summed E-state index contributed by atoms with van der Waals surface area (Å²) in [6.45, 7) is 2.89. The van der Waals surface area contributed by atoms with E-state index < -0.39 is 10.0 Å². The number of aryl methyl sites for hydroxylation is 1. The largest absolute Gasteiger partial charge is 0.324 e. The molecule has 4 aromatic carbocycles. The van der Waals surface area contributed by atoms with Crippen molar-refractivity contribution >= 4 is 21.1 Å². The number of imidazole rings is 1. The van der Waals surface area contributed by atoms with E-state index in [1.807, 2.05) is 104 Å². The molecular formula is C29H27N3O2S. The Kier molecular flexibility index (Phi) is 6.49. The molecule has 0 atom stereocenters. The van der Waals surface area contributed by atoms with Crippen LogP contribution in [0.5, 0.6) is 0 Å². The number of aromatic nitrogens is 2. The highest BCUT2D eigenvalue weighted by atomic mass is 32.2. The van der Waals surface area contributed by atoms with E-state index in [-0.39, 0.29) is 17.4 Å². The van der Waals surface area contributed by atoms with Crippen LogP contribution in [0.4, 0.5) is 0 Å². The number of nitrogens with zero attached hydrogens (tertiary/aromatic N) is 2. The molecule has 0 amide bonds. The van der Waals surface area contributed by atoms with E-state index in [1.54, 1.807) is 12.1 Å². The van der Waals surface area contributed by atoms with Gasteiger partial charge in [-0.1, -0.05) is 84.9 Å². The second-order valence-corrected chi connectivity index (χ2v) is 10.4. The second kappa shape index (κ2) is 9.86. The van der Waals surface area contributed by atoms with Crippen molar-refractivity contribution in [1.82, 2.24) is 14.3 Å². The minimum atomic E-state index is -3.66. The van der Waals surface area contributed by atoms with Gasteiger partial charge < -0.3 is 4.57 Å². The number of hydrogen-bond donors (Lipinski definition) is 1. The standard InChI is InChI=1S/C29H27N3O2S/c1-22-31-28-14-8-9-15-29(28)32(22)21-23-16-18-26(19-17-23)35(33,34)30-20-27(24-10-4-2-5-11-24)25-12-6-3-7-13-25/h2-19,27,30H,20-21H2,1H3. The first-order valence-electron chi connectivity index (χ1n) is 11.6. The van der Waals surface area contributed by atoms with E-state index in [2.05, 4.69) is 14.3 Å². The Hall–Kier alpha value is -3.74. The van der Waals surface area contributed by atoms with Gasteiger partial charge in [-0.15, -0.1) is 0 Å². The Labute approximate surface area is 206 Å². The molecule has 0 saturated heterocycles. The zero-order chi connectivity index (χ0) is 24.3. The van der Waals surface area contributed by atoms with Gasteiger partial charge >= 0.3 is 0 Å². The number of benzene rings is 4. The normalized spacial score (nSPS) is 11.8. The van der Waals surface area contributed by atoms with Gasteiger partial charge in [0, 0.05) is 19.0 Å². The summed E-state index contributed by atoms with van der Waals surface area (Å²) in [4.78, 5) is 4.87. The quantitative estimate of drug-likeness (QED) is 0.318. The Bertz CT molecular complexity index is 1490. The predicted octanol–water partition coefficient (Wildman–Crippen LogP) is 5.50. The molecule has 35 heavy (non-hydrogen) atoms. The Balaban J connectivity index is 1.33. The second-order valence-electron chi connectivity index (χ2n) is 8.60. The molecule has 0 aliphatic heterocycles. The Morgan fingerprint density at radius 1 is 0.771 bits per heavy atom. The molecule has 5 rings (SSSR count). The van der Waals surface area contributed by atoms with E-state index in [0.29, 0.717) is 6.54 Å². The highest BCUT2D eigenvalue weighted by Crippen LogP contribution is 2.25. The molecule has 0 unspecified atom stereocenters. The van der Waals surface area contributed by atoms with Gasteiger partial charge in [-0.2, -0.15) is 0 Å². The lowest BCUT2D eigenvalue weighted by atomic mass is 9.92. The molecule has 1 aromatic heterocycles. The highest BCUT2D eigenvalue weighted by Gasteiger charge is 2.20. The van der Waals surface area contributed by atoms with Gasteiger partial charge in [-0.05, 0) is 47.9 Å². The lowest BCUT2D eigenvalue weighted by molar-refractivity contribution is 0.577. The van der Waals surface area contributed by atoms with E-state index >= 15 is 0 Å².